The van der Waals surface area contributed by atoms with Gasteiger partial charge in [-0.3, -0.25) is 0 Å². The summed E-state index contributed by atoms with van der Waals surface area (Å²) >= 11 is 0. The molecule has 1 aromatic carbocycles. The van der Waals surface area contributed by atoms with Gasteiger partial charge in [-0.15, -0.1) is 0 Å². The van der Waals surface area contributed by atoms with Crippen LogP contribution in [0.25, 0.3) is 0 Å². The van der Waals surface area contributed by atoms with Crippen LogP contribution in [0, 0.1) is 25.2 Å². The van der Waals surface area contributed by atoms with Crippen LogP contribution in [0.15, 0.2) is 12.1 Å². The first-order chi connectivity index (χ1) is 7.57. The Hall–Kier alpha value is -1.53. The number of hydrogen-bond donors (Lipinski definition) is 1. The first kappa shape index (κ1) is 11.0. The van der Waals surface area contributed by atoms with Crippen molar-refractivity contribution in [2.24, 2.45) is 0 Å². The zero-order valence-electron chi connectivity index (χ0n) is 9.58. The first-order valence-electron chi connectivity index (χ1n) is 5.45. The zero-order valence-corrected chi connectivity index (χ0v) is 9.58. The van der Waals surface area contributed by atoms with Crippen LogP contribution in [0.1, 0.15) is 29.5 Å². The average Bonchev–Trinajstić information content (AvgIpc) is 2.38. The van der Waals surface area contributed by atoms with Crippen LogP contribution < -0.4 is 4.74 Å². The fraction of sp³-hybridized carbons (Fsp3) is 0.462. The van der Waals surface area contributed by atoms with E-state index in [0.29, 0.717) is 30.8 Å². The van der Waals surface area contributed by atoms with Crippen molar-refractivity contribution in [3.8, 4) is 11.8 Å². The number of nitrogens with zero attached hydrogens (tertiary/aromatic N) is 1. The maximum atomic E-state index is 10.3. The van der Waals surface area contributed by atoms with Crippen molar-refractivity contribution in [1.82, 2.24) is 0 Å². The zero-order chi connectivity index (χ0) is 11.8. The van der Waals surface area contributed by atoms with Crippen molar-refractivity contribution >= 4 is 0 Å². The standard InChI is InChI=1S/C13H15NO2/c1-9-6-10(2)12-11(7-9)16-5-3-4-13(12,15)8-14/h6-7,15H,3-5H2,1-2H3. The van der Waals surface area contributed by atoms with Gasteiger partial charge in [0.1, 0.15) is 11.8 Å². The highest BCUT2D eigenvalue weighted by molar-refractivity contribution is 5.49. The number of hydrogen-bond acceptors (Lipinski definition) is 3. The normalized spacial score (nSPS) is 23.9. The van der Waals surface area contributed by atoms with E-state index in [1.54, 1.807) is 0 Å². The lowest BCUT2D eigenvalue weighted by Gasteiger charge is -2.22. The van der Waals surface area contributed by atoms with E-state index in [4.69, 9.17) is 10.00 Å². The van der Waals surface area contributed by atoms with Crippen molar-refractivity contribution in [2.75, 3.05) is 6.61 Å². The topological polar surface area (TPSA) is 53.2 Å². The first-order valence-corrected chi connectivity index (χ1v) is 5.45. The SMILES string of the molecule is Cc1cc(C)c2c(c1)OCCCC2(O)C#N. The molecule has 3 heteroatoms. The fourth-order valence-electron chi connectivity index (χ4n) is 2.32. The van der Waals surface area contributed by atoms with Crippen molar-refractivity contribution in [3.05, 3.63) is 28.8 Å². The predicted molar refractivity (Wildman–Crippen MR) is 60.2 cm³/mol. The summed E-state index contributed by atoms with van der Waals surface area (Å²) in [5.74, 6) is 0.652. The summed E-state index contributed by atoms with van der Waals surface area (Å²) in [4.78, 5) is 0. The Morgan fingerprint density at radius 3 is 2.88 bits per heavy atom. The number of rotatable bonds is 0. The molecular weight excluding hydrogens is 202 g/mol. The van der Waals surface area contributed by atoms with Gasteiger partial charge in [-0.25, -0.2) is 0 Å². The van der Waals surface area contributed by atoms with Crippen LogP contribution in [0.3, 0.4) is 0 Å². The Morgan fingerprint density at radius 1 is 1.44 bits per heavy atom. The highest BCUT2D eigenvalue weighted by atomic mass is 16.5. The molecule has 2 rings (SSSR count). The van der Waals surface area contributed by atoms with Gasteiger partial charge in [0.2, 0.25) is 0 Å². The minimum atomic E-state index is -1.40. The van der Waals surface area contributed by atoms with Crippen LogP contribution in [-0.4, -0.2) is 11.7 Å². The molecular formula is C13H15NO2. The van der Waals surface area contributed by atoms with E-state index in [1.165, 1.54) is 0 Å². The van der Waals surface area contributed by atoms with Gasteiger partial charge in [0.25, 0.3) is 0 Å². The molecule has 0 radical (unpaired) electrons. The third kappa shape index (κ3) is 1.66. The van der Waals surface area contributed by atoms with Gasteiger partial charge in [-0.2, -0.15) is 5.26 Å². The Labute approximate surface area is 95.3 Å². The van der Waals surface area contributed by atoms with Crippen LogP contribution in [0.2, 0.25) is 0 Å². The van der Waals surface area contributed by atoms with Gasteiger partial charge in [-0.05, 0) is 43.9 Å². The highest BCUT2D eigenvalue weighted by Gasteiger charge is 2.35. The van der Waals surface area contributed by atoms with E-state index in [0.717, 1.165) is 11.1 Å². The average molecular weight is 217 g/mol. The van der Waals surface area contributed by atoms with E-state index in [-0.39, 0.29) is 0 Å². The fourth-order valence-corrected chi connectivity index (χ4v) is 2.32. The second-order valence-electron chi connectivity index (χ2n) is 4.38. The second-order valence-corrected chi connectivity index (χ2v) is 4.38. The molecule has 1 atom stereocenters. The summed E-state index contributed by atoms with van der Waals surface area (Å²) in [6.07, 6.45) is 1.12. The molecule has 0 saturated heterocycles. The molecule has 1 unspecified atom stereocenters. The quantitative estimate of drug-likeness (QED) is 0.678. The number of aryl methyl sites for hydroxylation is 2. The largest absolute Gasteiger partial charge is 0.493 e. The molecule has 1 aliphatic rings. The number of ether oxygens (including phenoxy) is 1. The second kappa shape index (κ2) is 3.80. The molecule has 16 heavy (non-hydrogen) atoms. The summed E-state index contributed by atoms with van der Waals surface area (Å²) < 4.78 is 5.60. The molecule has 0 fully saturated rings. The number of benzene rings is 1. The van der Waals surface area contributed by atoms with Gasteiger partial charge in [0.05, 0.1) is 6.61 Å². The minimum absolute atomic E-state index is 0.431. The van der Waals surface area contributed by atoms with Gasteiger partial charge >= 0.3 is 0 Å². The summed E-state index contributed by atoms with van der Waals surface area (Å²) in [6, 6.07) is 5.87. The summed E-state index contributed by atoms with van der Waals surface area (Å²) in [5, 5.41) is 19.5. The third-order valence-corrected chi connectivity index (χ3v) is 2.98. The molecule has 1 N–H and O–H groups in total. The van der Waals surface area contributed by atoms with Crippen molar-refractivity contribution in [3.63, 3.8) is 0 Å². The lowest BCUT2D eigenvalue weighted by atomic mass is 9.87. The van der Waals surface area contributed by atoms with Gasteiger partial charge in [0, 0.05) is 5.56 Å². The van der Waals surface area contributed by atoms with Crippen molar-refractivity contribution < 1.29 is 9.84 Å². The van der Waals surface area contributed by atoms with Crippen LogP contribution in [-0.2, 0) is 5.60 Å². The summed E-state index contributed by atoms with van der Waals surface area (Å²) in [5.41, 5.74) is 1.24. The Kier molecular flexibility index (Phi) is 2.61. The monoisotopic (exact) mass is 217 g/mol. The van der Waals surface area contributed by atoms with Crippen LogP contribution >= 0.6 is 0 Å². The maximum absolute atomic E-state index is 10.3. The van der Waals surface area contributed by atoms with E-state index in [1.807, 2.05) is 32.0 Å². The van der Waals surface area contributed by atoms with Gasteiger partial charge in [0.15, 0.2) is 5.60 Å². The van der Waals surface area contributed by atoms with Crippen LogP contribution in [0.5, 0.6) is 5.75 Å². The van der Waals surface area contributed by atoms with Crippen LogP contribution in [0.4, 0.5) is 0 Å². The predicted octanol–water partition coefficient (Wildman–Crippen LogP) is 2.19. The molecule has 84 valence electrons. The minimum Gasteiger partial charge on any atom is -0.493 e. The highest BCUT2D eigenvalue weighted by Crippen LogP contribution is 2.38. The molecule has 1 aromatic rings. The molecule has 0 aromatic heterocycles. The Balaban J connectivity index is 2.67. The summed E-state index contributed by atoms with van der Waals surface area (Å²) in [6.45, 7) is 4.44. The lowest BCUT2D eigenvalue weighted by molar-refractivity contribution is 0.0878. The third-order valence-electron chi connectivity index (χ3n) is 2.98. The molecule has 1 aliphatic heterocycles. The number of aliphatic hydroxyl groups is 1. The Morgan fingerprint density at radius 2 is 2.19 bits per heavy atom. The molecule has 0 saturated carbocycles. The molecule has 0 spiro atoms. The Bertz CT molecular complexity index is 462. The molecule has 0 bridgehead atoms. The van der Waals surface area contributed by atoms with E-state index >= 15 is 0 Å². The molecule has 0 amide bonds. The van der Waals surface area contributed by atoms with Crippen molar-refractivity contribution in [2.45, 2.75) is 32.3 Å². The lowest BCUT2D eigenvalue weighted by Crippen LogP contribution is -2.23. The van der Waals surface area contributed by atoms with E-state index in [9.17, 15) is 5.11 Å². The summed E-state index contributed by atoms with van der Waals surface area (Å²) in [7, 11) is 0. The van der Waals surface area contributed by atoms with Gasteiger partial charge in [-0.1, -0.05) is 6.07 Å². The van der Waals surface area contributed by atoms with E-state index in [2.05, 4.69) is 0 Å². The maximum Gasteiger partial charge on any atom is 0.180 e. The molecule has 0 aliphatic carbocycles. The smallest absolute Gasteiger partial charge is 0.180 e. The number of nitriles is 1. The van der Waals surface area contributed by atoms with Crippen molar-refractivity contribution in [1.29, 1.82) is 5.26 Å². The van der Waals surface area contributed by atoms with E-state index < -0.39 is 5.60 Å². The number of fused-ring (bicyclic) bond motifs is 1. The molecule has 3 nitrogen and oxygen atoms in total. The molecule has 1 heterocycles. The van der Waals surface area contributed by atoms with Gasteiger partial charge < -0.3 is 9.84 Å².